The first kappa shape index (κ1) is 22.9. The molecule has 1 atom stereocenters. The fraction of sp³-hybridized carbons (Fsp3) is 0.435. The molecule has 29 heavy (non-hydrogen) atoms. The molecule has 0 aliphatic rings. The second kappa shape index (κ2) is 8.99. The average Bonchev–Trinajstić information content (AvgIpc) is 2.57. The number of carbonyl (C=O) groups excluding carboxylic acids is 1. The van der Waals surface area contributed by atoms with Crippen LogP contribution < -0.4 is 9.62 Å². The topological polar surface area (TPSA) is 66.5 Å². The van der Waals surface area contributed by atoms with Crippen LogP contribution in [0.2, 0.25) is 0 Å². The third kappa shape index (κ3) is 5.60. The van der Waals surface area contributed by atoms with Crippen molar-refractivity contribution in [1.82, 2.24) is 5.32 Å². The molecule has 1 amide bonds. The molecule has 2 aromatic carbocycles. The van der Waals surface area contributed by atoms with E-state index >= 15 is 0 Å². The Morgan fingerprint density at radius 1 is 0.966 bits per heavy atom. The molecule has 1 unspecified atom stereocenters. The fourth-order valence-electron chi connectivity index (χ4n) is 3.91. The third-order valence-corrected chi connectivity index (χ3v) is 6.23. The van der Waals surface area contributed by atoms with Gasteiger partial charge in [-0.2, -0.15) is 0 Å². The quantitative estimate of drug-likeness (QED) is 0.733. The van der Waals surface area contributed by atoms with Crippen molar-refractivity contribution in [2.45, 2.75) is 54.0 Å². The average molecular weight is 417 g/mol. The minimum atomic E-state index is -3.62. The molecule has 6 heteroatoms. The third-order valence-electron chi connectivity index (χ3n) is 5.12. The van der Waals surface area contributed by atoms with Crippen LogP contribution in [0.3, 0.4) is 0 Å². The number of anilines is 1. The van der Waals surface area contributed by atoms with Gasteiger partial charge in [0.25, 0.3) is 0 Å². The predicted octanol–water partition coefficient (Wildman–Crippen LogP) is 4.26. The fourth-order valence-corrected chi connectivity index (χ4v) is 4.89. The lowest BCUT2D eigenvalue weighted by molar-refractivity contribution is -0.120. The summed E-state index contributed by atoms with van der Waals surface area (Å²) in [5.74, 6) is -0.318. The van der Waals surface area contributed by atoms with Gasteiger partial charge in [0, 0.05) is 0 Å². The summed E-state index contributed by atoms with van der Waals surface area (Å²) < 4.78 is 26.2. The van der Waals surface area contributed by atoms with Crippen molar-refractivity contribution in [2.75, 3.05) is 17.1 Å². The van der Waals surface area contributed by atoms with E-state index in [1.807, 2.05) is 65.8 Å². The zero-order valence-corrected chi connectivity index (χ0v) is 19.3. The molecule has 0 spiro atoms. The zero-order valence-electron chi connectivity index (χ0n) is 18.5. The highest BCUT2D eigenvalue weighted by molar-refractivity contribution is 7.92. The molecule has 0 saturated heterocycles. The molecule has 2 rings (SSSR count). The lowest BCUT2D eigenvalue weighted by Gasteiger charge is -2.27. The number of rotatable bonds is 7. The number of nitrogens with zero attached hydrogens (tertiary/aromatic N) is 1. The zero-order chi connectivity index (χ0) is 21.9. The molecule has 0 radical (unpaired) electrons. The first-order valence-corrected chi connectivity index (χ1v) is 11.7. The second-order valence-electron chi connectivity index (χ2n) is 7.91. The van der Waals surface area contributed by atoms with Crippen LogP contribution >= 0.6 is 0 Å². The normalized spacial score (nSPS) is 12.5. The molecule has 0 fully saturated rings. The molecular weight excluding hydrogens is 384 g/mol. The Morgan fingerprint density at radius 2 is 1.52 bits per heavy atom. The van der Waals surface area contributed by atoms with E-state index in [1.165, 1.54) is 9.87 Å². The monoisotopic (exact) mass is 416 g/mol. The molecule has 0 aromatic heterocycles. The number of aryl methyl sites for hydroxylation is 5. The molecule has 0 saturated carbocycles. The van der Waals surface area contributed by atoms with Gasteiger partial charge in [-0.25, -0.2) is 8.42 Å². The van der Waals surface area contributed by atoms with E-state index in [0.29, 0.717) is 5.69 Å². The summed E-state index contributed by atoms with van der Waals surface area (Å²) in [6.07, 6.45) is 1.86. The van der Waals surface area contributed by atoms with Crippen molar-refractivity contribution < 1.29 is 13.2 Å². The van der Waals surface area contributed by atoms with Crippen molar-refractivity contribution in [3.05, 3.63) is 63.7 Å². The Kier molecular flexibility index (Phi) is 7.11. The van der Waals surface area contributed by atoms with Gasteiger partial charge in [-0.1, -0.05) is 48.4 Å². The molecule has 158 valence electrons. The summed E-state index contributed by atoms with van der Waals surface area (Å²) >= 11 is 0. The Bertz CT molecular complexity index is 990. The Balaban J connectivity index is 2.32. The van der Waals surface area contributed by atoms with E-state index in [4.69, 9.17) is 0 Å². The molecule has 2 aromatic rings. The van der Waals surface area contributed by atoms with Crippen LogP contribution in [0.25, 0.3) is 0 Å². The van der Waals surface area contributed by atoms with Gasteiger partial charge in [0.2, 0.25) is 15.9 Å². The summed E-state index contributed by atoms with van der Waals surface area (Å²) in [7, 11) is -3.62. The minimum absolute atomic E-state index is 0.162. The van der Waals surface area contributed by atoms with Gasteiger partial charge < -0.3 is 5.32 Å². The molecule has 5 nitrogen and oxygen atoms in total. The lowest BCUT2D eigenvalue weighted by atomic mass is 9.97. The van der Waals surface area contributed by atoms with Crippen LogP contribution in [0.4, 0.5) is 5.69 Å². The van der Waals surface area contributed by atoms with Gasteiger partial charge in [-0.3, -0.25) is 9.10 Å². The van der Waals surface area contributed by atoms with Crippen LogP contribution in [0, 0.1) is 34.6 Å². The maximum atomic E-state index is 12.9. The standard InChI is InChI=1S/C23H32N2O3S/c1-8-21(20-10-9-15(2)11-17(20)4)24-22(26)14-25(29(7,27)28)23-18(5)12-16(3)13-19(23)6/h9-13,21H,8,14H2,1-7H3,(H,24,26). The van der Waals surface area contributed by atoms with Gasteiger partial charge in [-0.05, 0) is 63.3 Å². The smallest absolute Gasteiger partial charge is 0.241 e. The van der Waals surface area contributed by atoms with Crippen molar-refractivity contribution >= 4 is 21.6 Å². The molecular formula is C23H32N2O3S. The van der Waals surface area contributed by atoms with Gasteiger partial charge in [0.1, 0.15) is 6.54 Å². The lowest BCUT2D eigenvalue weighted by Crippen LogP contribution is -2.42. The maximum Gasteiger partial charge on any atom is 0.241 e. The molecule has 0 heterocycles. The molecule has 1 N–H and O–H groups in total. The maximum absolute atomic E-state index is 12.9. The van der Waals surface area contributed by atoms with E-state index in [0.717, 1.165) is 40.5 Å². The van der Waals surface area contributed by atoms with Crippen LogP contribution in [-0.2, 0) is 14.8 Å². The van der Waals surface area contributed by atoms with E-state index < -0.39 is 10.0 Å². The van der Waals surface area contributed by atoms with Crippen LogP contribution in [-0.4, -0.2) is 27.1 Å². The van der Waals surface area contributed by atoms with Gasteiger partial charge in [0.05, 0.1) is 18.0 Å². The highest BCUT2D eigenvalue weighted by atomic mass is 32.2. The summed E-state index contributed by atoms with van der Waals surface area (Å²) in [4.78, 5) is 12.9. The van der Waals surface area contributed by atoms with Crippen LogP contribution in [0.1, 0.15) is 52.8 Å². The Hall–Kier alpha value is -2.34. The first-order chi connectivity index (χ1) is 13.4. The van der Waals surface area contributed by atoms with Crippen LogP contribution in [0.5, 0.6) is 0 Å². The number of hydrogen-bond acceptors (Lipinski definition) is 3. The highest BCUT2D eigenvalue weighted by Crippen LogP contribution is 2.28. The van der Waals surface area contributed by atoms with Gasteiger partial charge >= 0.3 is 0 Å². The number of nitrogens with one attached hydrogen (secondary N) is 1. The van der Waals surface area contributed by atoms with Gasteiger partial charge in [0.15, 0.2) is 0 Å². The van der Waals surface area contributed by atoms with E-state index in [2.05, 4.69) is 11.4 Å². The van der Waals surface area contributed by atoms with Crippen molar-refractivity contribution in [1.29, 1.82) is 0 Å². The largest absolute Gasteiger partial charge is 0.348 e. The summed E-state index contributed by atoms with van der Waals surface area (Å²) in [5.41, 5.74) is 6.64. The molecule has 0 aliphatic carbocycles. The van der Waals surface area contributed by atoms with Crippen LogP contribution in [0.15, 0.2) is 30.3 Å². The molecule has 0 bridgehead atoms. The van der Waals surface area contributed by atoms with Crippen molar-refractivity contribution in [3.8, 4) is 0 Å². The first-order valence-electron chi connectivity index (χ1n) is 9.86. The number of benzene rings is 2. The number of amides is 1. The van der Waals surface area contributed by atoms with E-state index in [-0.39, 0.29) is 18.5 Å². The summed E-state index contributed by atoms with van der Waals surface area (Å²) in [6.45, 7) is 11.5. The Morgan fingerprint density at radius 3 is 2.00 bits per heavy atom. The second-order valence-corrected chi connectivity index (χ2v) is 9.81. The minimum Gasteiger partial charge on any atom is -0.348 e. The number of sulfonamides is 1. The van der Waals surface area contributed by atoms with Gasteiger partial charge in [-0.15, -0.1) is 0 Å². The Labute approximate surface area is 175 Å². The van der Waals surface area contributed by atoms with Crippen molar-refractivity contribution in [2.24, 2.45) is 0 Å². The molecule has 0 aliphatic heterocycles. The highest BCUT2D eigenvalue weighted by Gasteiger charge is 2.25. The summed E-state index contributed by atoms with van der Waals surface area (Å²) in [5, 5.41) is 3.02. The van der Waals surface area contributed by atoms with E-state index in [9.17, 15) is 13.2 Å². The number of hydrogen-bond donors (Lipinski definition) is 1. The van der Waals surface area contributed by atoms with Crippen molar-refractivity contribution in [3.63, 3.8) is 0 Å². The van der Waals surface area contributed by atoms with E-state index in [1.54, 1.807) is 0 Å². The summed E-state index contributed by atoms with van der Waals surface area (Å²) in [6, 6.07) is 9.85. The SMILES string of the molecule is CCC(NC(=O)CN(c1c(C)cc(C)cc1C)S(C)(=O)=O)c1ccc(C)cc1C. The predicted molar refractivity (Wildman–Crippen MR) is 120 cm³/mol. The number of carbonyl (C=O) groups is 1.